The van der Waals surface area contributed by atoms with E-state index in [4.69, 9.17) is 10.5 Å². The lowest BCUT2D eigenvalue weighted by Gasteiger charge is -2.05. The van der Waals surface area contributed by atoms with Crippen molar-refractivity contribution in [2.75, 3.05) is 7.11 Å². The monoisotopic (exact) mass is 177 g/mol. The molecule has 2 aromatic rings. The van der Waals surface area contributed by atoms with E-state index in [1.807, 2.05) is 12.1 Å². The number of imidazole rings is 1. The van der Waals surface area contributed by atoms with Crippen LogP contribution in [0.25, 0.3) is 11.0 Å². The molecule has 0 spiro atoms. The van der Waals surface area contributed by atoms with Crippen molar-refractivity contribution in [1.82, 2.24) is 9.97 Å². The Bertz CT molecular complexity index is 384. The van der Waals surface area contributed by atoms with E-state index in [0.717, 1.165) is 22.3 Å². The molecule has 4 nitrogen and oxygen atoms in total. The maximum absolute atomic E-state index is 5.57. The van der Waals surface area contributed by atoms with Crippen molar-refractivity contribution in [1.29, 1.82) is 0 Å². The van der Waals surface area contributed by atoms with Crippen molar-refractivity contribution in [3.63, 3.8) is 0 Å². The Hall–Kier alpha value is -1.55. The molecule has 13 heavy (non-hydrogen) atoms. The van der Waals surface area contributed by atoms with Crippen molar-refractivity contribution in [3.8, 4) is 5.75 Å². The van der Waals surface area contributed by atoms with Gasteiger partial charge >= 0.3 is 0 Å². The largest absolute Gasteiger partial charge is 0.496 e. The van der Waals surface area contributed by atoms with Gasteiger partial charge in [0.2, 0.25) is 0 Å². The van der Waals surface area contributed by atoms with E-state index in [9.17, 15) is 0 Å². The molecule has 0 saturated heterocycles. The fourth-order valence-corrected chi connectivity index (χ4v) is 1.36. The van der Waals surface area contributed by atoms with Crippen molar-refractivity contribution in [2.24, 2.45) is 5.73 Å². The number of nitrogens with one attached hydrogen (secondary N) is 1. The Morgan fingerprint density at radius 2 is 2.38 bits per heavy atom. The molecule has 0 fully saturated rings. The van der Waals surface area contributed by atoms with Crippen molar-refractivity contribution >= 4 is 11.0 Å². The molecule has 68 valence electrons. The van der Waals surface area contributed by atoms with Gasteiger partial charge in [-0.2, -0.15) is 0 Å². The summed E-state index contributed by atoms with van der Waals surface area (Å²) < 4.78 is 5.18. The first-order valence-corrected chi connectivity index (χ1v) is 4.05. The first-order valence-electron chi connectivity index (χ1n) is 4.05. The zero-order valence-corrected chi connectivity index (χ0v) is 7.37. The van der Waals surface area contributed by atoms with Crippen molar-refractivity contribution in [3.05, 3.63) is 24.0 Å². The molecule has 0 saturated carbocycles. The summed E-state index contributed by atoms with van der Waals surface area (Å²) in [5.74, 6) is 0.794. The minimum Gasteiger partial charge on any atom is -0.496 e. The number of nitrogens with two attached hydrogens (primary N) is 1. The molecule has 0 bridgehead atoms. The lowest BCUT2D eigenvalue weighted by Crippen LogP contribution is -1.99. The van der Waals surface area contributed by atoms with Crippen LogP contribution in [0.4, 0.5) is 0 Å². The maximum Gasteiger partial charge on any atom is 0.125 e. The number of H-pyrrole nitrogens is 1. The Balaban J connectivity index is 2.67. The fraction of sp³-hybridized carbons (Fsp3) is 0.222. The number of rotatable bonds is 2. The summed E-state index contributed by atoms with van der Waals surface area (Å²) in [6.07, 6.45) is 1.66. The van der Waals surface area contributed by atoms with Crippen LogP contribution < -0.4 is 10.5 Å². The summed E-state index contributed by atoms with van der Waals surface area (Å²) in [6.45, 7) is 0.470. The van der Waals surface area contributed by atoms with Gasteiger partial charge in [-0.15, -0.1) is 0 Å². The summed E-state index contributed by atoms with van der Waals surface area (Å²) in [5, 5.41) is 0. The molecule has 0 radical (unpaired) electrons. The average Bonchev–Trinajstić information content (AvgIpc) is 2.62. The van der Waals surface area contributed by atoms with E-state index >= 15 is 0 Å². The van der Waals surface area contributed by atoms with Gasteiger partial charge < -0.3 is 15.5 Å². The van der Waals surface area contributed by atoms with Crippen LogP contribution in [0.5, 0.6) is 5.75 Å². The smallest absolute Gasteiger partial charge is 0.125 e. The molecular formula is C9H11N3O. The Labute approximate surface area is 75.7 Å². The molecule has 2 rings (SSSR count). The minimum atomic E-state index is 0.470. The Morgan fingerprint density at radius 1 is 1.54 bits per heavy atom. The van der Waals surface area contributed by atoms with Gasteiger partial charge in [-0.25, -0.2) is 4.98 Å². The first kappa shape index (κ1) is 8.07. The van der Waals surface area contributed by atoms with E-state index < -0.39 is 0 Å². The Kier molecular flexibility index (Phi) is 1.90. The second kappa shape index (κ2) is 3.06. The highest BCUT2D eigenvalue weighted by Gasteiger charge is 2.04. The molecule has 3 N–H and O–H groups in total. The summed E-state index contributed by atoms with van der Waals surface area (Å²) in [7, 11) is 1.63. The molecular weight excluding hydrogens is 166 g/mol. The van der Waals surface area contributed by atoms with Gasteiger partial charge in [-0.1, -0.05) is 0 Å². The third kappa shape index (κ3) is 1.25. The summed E-state index contributed by atoms with van der Waals surface area (Å²) in [5.41, 5.74) is 8.44. The second-order valence-corrected chi connectivity index (χ2v) is 2.79. The lowest BCUT2D eigenvalue weighted by molar-refractivity contribution is 0.410. The number of hydrogen-bond donors (Lipinski definition) is 2. The summed E-state index contributed by atoms with van der Waals surface area (Å²) >= 11 is 0. The van der Waals surface area contributed by atoms with Gasteiger partial charge in [0.1, 0.15) is 5.75 Å². The lowest BCUT2D eigenvalue weighted by atomic mass is 10.2. The third-order valence-electron chi connectivity index (χ3n) is 2.04. The molecule has 0 unspecified atom stereocenters. The van der Waals surface area contributed by atoms with Crippen LogP contribution >= 0.6 is 0 Å². The van der Waals surface area contributed by atoms with Gasteiger partial charge in [0.15, 0.2) is 0 Å². The summed E-state index contributed by atoms with van der Waals surface area (Å²) in [6, 6.07) is 3.84. The molecule has 1 aromatic carbocycles. The maximum atomic E-state index is 5.57. The molecule has 0 atom stereocenters. The molecule has 0 aliphatic heterocycles. The van der Waals surface area contributed by atoms with E-state index in [1.54, 1.807) is 13.4 Å². The highest BCUT2D eigenvalue weighted by Crippen LogP contribution is 2.23. The summed E-state index contributed by atoms with van der Waals surface area (Å²) in [4.78, 5) is 7.15. The fourth-order valence-electron chi connectivity index (χ4n) is 1.36. The molecule has 0 aliphatic carbocycles. The van der Waals surface area contributed by atoms with Crippen LogP contribution in [0.1, 0.15) is 5.56 Å². The zero-order chi connectivity index (χ0) is 9.26. The first-order chi connectivity index (χ1) is 6.35. The molecule has 0 aliphatic rings. The number of aromatic nitrogens is 2. The SMILES string of the molecule is COc1cc2nc[nH]c2cc1CN. The predicted molar refractivity (Wildman–Crippen MR) is 50.5 cm³/mol. The molecule has 1 heterocycles. The van der Waals surface area contributed by atoms with Gasteiger partial charge in [0.25, 0.3) is 0 Å². The number of hydrogen-bond acceptors (Lipinski definition) is 3. The van der Waals surface area contributed by atoms with Crippen LogP contribution in [0.2, 0.25) is 0 Å². The highest BCUT2D eigenvalue weighted by molar-refractivity contribution is 5.77. The van der Waals surface area contributed by atoms with E-state index in [1.165, 1.54) is 0 Å². The third-order valence-corrected chi connectivity index (χ3v) is 2.04. The molecule has 1 aromatic heterocycles. The Morgan fingerprint density at radius 3 is 3.08 bits per heavy atom. The standard InChI is InChI=1S/C9H11N3O/c1-13-9-3-8-7(11-5-12-8)2-6(9)4-10/h2-3,5H,4,10H2,1H3,(H,11,12). The van der Waals surface area contributed by atoms with Crippen LogP contribution in [0, 0.1) is 0 Å². The van der Waals surface area contributed by atoms with Gasteiger partial charge in [-0.3, -0.25) is 0 Å². The number of ether oxygens (including phenoxy) is 1. The van der Waals surface area contributed by atoms with Crippen LogP contribution in [-0.2, 0) is 6.54 Å². The quantitative estimate of drug-likeness (QED) is 0.720. The second-order valence-electron chi connectivity index (χ2n) is 2.79. The molecule has 4 heteroatoms. The molecule has 0 amide bonds. The number of methoxy groups -OCH3 is 1. The van der Waals surface area contributed by atoms with Crippen molar-refractivity contribution in [2.45, 2.75) is 6.54 Å². The van der Waals surface area contributed by atoms with Gasteiger partial charge in [-0.05, 0) is 6.07 Å². The van der Waals surface area contributed by atoms with Gasteiger partial charge in [0, 0.05) is 18.2 Å². The van der Waals surface area contributed by atoms with E-state index in [2.05, 4.69) is 9.97 Å². The van der Waals surface area contributed by atoms with Crippen molar-refractivity contribution < 1.29 is 4.74 Å². The topological polar surface area (TPSA) is 63.9 Å². The highest BCUT2D eigenvalue weighted by atomic mass is 16.5. The van der Waals surface area contributed by atoms with Crippen LogP contribution in [0.15, 0.2) is 18.5 Å². The van der Waals surface area contributed by atoms with Crippen LogP contribution in [-0.4, -0.2) is 17.1 Å². The normalized spacial score (nSPS) is 10.6. The number of nitrogens with zero attached hydrogens (tertiary/aromatic N) is 1. The minimum absolute atomic E-state index is 0.470. The van der Waals surface area contributed by atoms with Gasteiger partial charge in [0.05, 0.1) is 24.5 Å². The van der Waals surface area contributed by atoms with E-state index in [0.29, 0.717) is 6.54 Å². The number of aromatic amines is 1. The van der Waals surface area contributed by atoms with Crippen LogP contribution in [0.3, 0.4) is 0 Å². The number of benzene rings is 1. The predicted octanol–water partition coefficient (Wildman–Crippen LogP) is 1.03. The number of fused-ring (bicyclic) bond motifs is 1. The average molecular weight is 177 g/mol. The zero-order valence-electron chi connectivity index (χ0n) is 7.37. The van der Waals surface area contributed by atoms with E-state index in [-0.39, 0.29) is 0 Å².